The Hall–Kier alpha value is -2.96. The lowest BCUT2D eigenvalue weighted by Crippen LogP contribution is -2.55. The molecule has 5 rings (SSSR count). The van der Waals surface area contributed by atoms with Gasteiger partial charge in [0.25, 0.3) is 0 Å². The van der Waals surface area contributed by atoms with Crippen LogP contribution in [0.15, 0.2) is 30.5 Å². The molecule has 2 fully saturated rings. The summed E-state index contributed by atoms with van der Waals surface area (Å²) in [6, 6.07) is 5.79. The molecule has 0 amide bonds. The van der Waals surface area contributed by atoms with Gasteiger partial charge >= 0.3 is 5.97 Å². The van der Waals surface area contributed by atoms with E-state index in [0.717, 1.165) is 12.8 Å². The van der Waals surface area contributed by atoms with Crippen LogP contribution >= 0.6 is 0 Å². The summed E-state index contributed by atoms with van der Waals surface area (Å²) in [7, 11) is 0.0896. The summed E-state index contributed by atoms with van der Waals surface area (Å²) in [4.78, 5) is 24.2. The molecular formula is C26H33FN6O4S. The van der Waals surface area contributed by atoms with Gasteiger partial charge in [-0.05, 0) is 64.8 Å². The molecule has 2 aromatic heterocycles. The lowest BCUT2D eigenvalue weighted by atomic mass is 9.73. The average molecular weight is 545 g/mol. The number of aromatic nitrogens is 4. The van der Waals surface area contributed by atoms with E-state index in [0.29, 0.717) is 42.4 Å². The van der Waals surface area contributed by atoms with Gasteiger partial charge in [-0.2, -0.15) is 5.10 Å². The van der Waals surface area contributed by atoms with Crippen molar-refractivity contribution in [2.75, 3.05) is 31.7 Å². The third-order valence-electron chi connectivity index (χ3n) is 7.44. The molecule has 1 aromatic carbocycles. The Morgan fingerprint density at radius 3 is 2.53 bits per heavy atom. The minimum atomic E-state index is -1.22. The van der Waals surface area contributed by atoms with Crippen molar-refractivity contribution in [1.29, 1.82) is 0 Å². The summed E-state index contributed by atoms with van der Waals surface area (Å²) in [5.74, 6) is -0.520. The number of anilines is 1. The van der Waals surface area contributed by atoms with Gasteiger partial charge in [-0.15, -0.1) is 0 Å². The van der Waals surface area contributed by atoms with E-state index in [1.807, 2.05) is 32.6 Å². The second-order valence-corrected chi connectivity index (χ2v) is 13.0. The summed E-state index contributed by atoms with van der Waals surface area (Å²) in [5.41, 5.74) is 1.41. The van der Waals surface area contributed by atoms with Gasteiger partial charge < -0.3 is 14.4 Å². The molecule has 3 aromatic rings. The Morgan fingerprint density at radius 1 is 1.21 bits per heavy atom. The number of esters is 1. The highest BCUT2D eigenvalue weighted by molar-refractivity contribution is 7.84. The zero-order chi connectivity index (χ0) is 27.2. The van der Waals surface area contributed by atoms with Crippen LogP contribution in [-0.2, 0) is 20.5 Å². The van der Waals surface area contributed by atoms with E-state index in [4.69, 9.17) is 14.5 Å². The van der Waals surface area contributed by atoms with Crippen molar-refractivity contribution in [3.8, 4) is 5.69 Å². The number of benzene rings is 1. The molecule has 4 heterocycles. The second kappa shape index (κ2) is 9.97. The molecule has 2 saturated heterocycles. The topological polar surface area (TPSA) is 111 Å². The summed E-state index contributed by atoms with van der Waals surface area (Å²) in [6.07, 6.45) is 3.06. The summed E-state index contributed by atoms with van der Waals surface area (Å²) < 4.78 is 41.9. The van der Waals surface area contributed by atoms with E-state index < -0.39 is 17.0 Å². The maximum atomic E-state index is 13.4. The first kappa shape index (κ1) is 26.6. The van der Waals surface area contributed by atoms with E-state index in [2.05, 4.69) is 14.8 Å². The number of piperidine rings is 1. The normalized spacial score (nSPS) is 22.2. The molecule has 1 N–H and O–H groups in total. The quantitative estimate of drug-likeness (QED) is 0.488. The van der Waals surface area contributed by atoms with Gasteiger partial charge in [0.2, 0.25) is 0 Å². The van der Waals surface area contributed by atoms with Gasteiger partial charge in [0.1, 0.15) is 11.3 Å². The molecule has 0 bridgehead atoms. The predicted molar refractivity (Wildman–Crippen MR) is 142 cm³/mol. The number of fused-ring (bicyclic) bond motifs is 1. The predicted octanol–water partition coefficient (Wildman–Crippen LogP) is 3.17. The highest BCUT2D eigenvalue weighted by Crippen LogP contribution is 2.43. The van der Waals surface area contributed by atoms with Crippen molar-refractivity contribution in [3.63, 3.8) is 0 Å². The molecule has 1 spiro atoms. The lowest BCUT2D eigenvalue weighted by Gasteiger charge is -2.43. The molecule has 12 heteroatoms. The maximum absolute atomic E-state index is 13.4. The number of carbonyl (C=O) groups excluding carboxylic acids is 1. The Balaban J connectivity index is 1.43. The number of halogens is 1. The molecule has 3 atom stereocenters. The molecule has 10 nitrogen and oxygen atoms in total. The van der Waals surface area contributed by atoms with E-state index in [-0.39, 0.29) is 33.8 Å². The monoisotopic (exact) mass is 544 g/mol. The summed E-state index contributed by atoms with van der Waals surface area (Å²) in [6.45, 7) is 9.69. The molecule has 0 aliphatic carbocycles. The van der Waals surface area contributed by atoms with E-state index in [1.165, 1.54) is 23.9 Å². The molecule has 0 saturated carbocycles. The molecule has 38 heavy (non-hydrogen) atoms. The Labute approximate surface area is 223 Å². The lowest BCUT2D eigenvalue weighted by molar-refractivity contribution is 0.0594. The smallest absolute Gasteiger partial charge is 0.360 e. The number of ether oxygens (including phenoxy) is 2. The molecular weight excluding hydrogens is 511 g/mol. The first-order valence-corrected chi connectivity index (χ1v) is 13.8. The summed E-state index contributed by atoms with van der Waals surface area (Å²) in [5, 5.41) is 4.38. The van der Waals surface area contributed by atoms with Crippen molar-refractivity contribution >= 4 is 33.9 Å². The van der Waals surface area contributed by atoms with Crippen LogP contribution < -0.4 is 9.62 Å². The van der Waals surface area contributed by atoms with Crippen molar-refractivity contribution < 1.29 is 22.9 Å². The molecule has 1 unspecified atom stereocenters. The number of hydrogen-bond acceptors (Lipinski definition) is 8. The largest absolute Gasteiger partial charge is 0.464 e. The number of hydrogen-bond donors (Lipinski definition) is 1. The first-order valence-electron chi connectivity index (χ1n) is 12.7. The van der Waals surface area contributed by atoms with Gasteiger partial charge in [-0.1, -0.05) is 0 Å². The van der Waals surface area contributed by atoms with Crippen LogP contribution in [-0.4, -0.2) is 73.6 Å². The minimum absolute atomic E-state index is 0.0488. The molecule has 204 valence electrons. The van der Waals surface area contributed by atoms with Gasteiger partial charge in [0.15, 0.2) is 17.2 Å². The highest BCUT2D eigenvalue weighted by Gasteiger charge is 2.51. The van der Waals surface area contributed by atoms with E-state index >= 15 is 0 Å². The van der Waals surface area contributed by atoms with Gasteiger partial charge in [-0.25, -0.2) is 32.8 Å². The third-order valence-corrected chi connectivity index (χ3v) is 9.02. The van der Waals surface area contributed by atoms with Gasteiger partial charge in [-0.3, -0.25) is 0 Å². The second-order valence-electron chi connectivity index (χ2n) is 11.0. The van der Waals surface area contributed by atoms with Crippen LogP contribution in [0.1, 0.15) is 51.0 Å². The zero-order valence-electron chi connectivity index (χ0n) is 22.2. The van der Waals surface area contributed by atoms with Gasteiger partial charge in [0.05, 0.1) is 53.5 Å². The van der Waals surface area contributed by atoms with Crippen molar-refractivity contribution in [2.24, 2.45) is 5.41 Å². The zero-order valence-corrected chi connectivity index (χ0v) is 23.0. The van der Waals surface area contributed by atoms with Crippen molar-refractivity contribution in [2.45, 2.75) is 57.4 Å². The Morgan fingerprint density at radius 2 is 1.89 bits per heavy atom. The molecule has 0 radical (unpaired) electrons. The van der Waals surface area contributed by atoms with Crippen LogP contribution in [0.25, 0.3) is 16.9 Å². The van der Waals surface area contributed by atoms with Crippen LogP contribution in [0.2, 0.25) is 0 Å². The van der Waals surface area contributed by atoms with E-state index in [9.17, 15) is 13.4 Å². The molecule has 2 aliphatic heterocycles. The van der Waals surface area contributed by atoms with Gasteiger partial charge in [0, 0.05) is 18.5 Å². The fraction of sp³-hybridized carbons (Fsp3) is 0.538. The fourth-order valence-corrected chi connectivity index (χ4v) is 6.20. The third kappa shape index (κ3) is 4.80. The van der Waals surface area contributed by atoms with Crippen LogP contribution in [0.4, 0.5) is 10.2 Å². The number of carbonyl (C=O) groups is 1. The van der Waals surface area contributed by atoms with Crippen LogP contribution in [0.3, 0.4) is 0 Å². The minimum Gasteiger partial charge on any atom is -0.464 e. The number of nitrogens with zero attached hydrogens (tertiary/aromatic N) is 5. The van der Waals surface area contributed by atoms with Crippen molar-refractivity contribution in [1.82, 2.24) is 24.5 Å². The Kier molecular flexibility index (Phi) is 6.99. The molecule has 2 aliphatic rings. The maximum Gasteiger partial charge on any atom is 0.360 e. The Bertz CT molecular complexity index is 1360. The number of nitrogens with one attached hydrogen (secondary N) is 1. The number of rotatable bonds is 5. The van der Waals surface area contributed by atoms with Crippen LogP contribution in [0.5, 0.6) is 0 Å². The van der Waals surface area contributed by atoms with E-state index in [1.54, 1.807) is 18.3 Å². The van der Waals surface area contributed by atoms with Crippen molar-refractivity contribution in [3.05, 3.63) is 42.0 Å². The SMILES string of the molecule is COC(=O)c1nc2c(cnn2-c2ccc(F)cc2)nc1N1CCC2(CC1)CO[C@@H](C)[C@H]2NS(=O)C(C)(C)C. The number of methoxy groups -OCH3 is 1. The fourth-order valence-electron chi connectivity index (χ4n) is 5.18. The van der Waals surface area contributed by atoms with Crippen LogP contribution in [0, 0.1) is 11.2 Å². The average Bonchev–Trinajstić information content (AvgIpc) is 3.44. The first-order chi connectivity index (χ1) is 18.0. The summed E-state index contributed by atoms with van der Waals surface area (Å²) >= 11 is 0. The highest BCUT2D eigenvalue weighted by atomic mass is 32.2. The standard InChI is InChI=1S/C26H33FN6O4S/c1-16-21(31-38(35)25(2,3)4)26(15-37-16)10-12-32(13-11-26)23-20(24(34)36-5)30-22-19(29-23)14-28-33(22)18-8-6-17(27)7-9-18/h6-9,14,16,21,31H,10-13,15H2,1-5H3/t16-,21+,38?/m0/s1.